The molecule has 1 fully saturated rings. The van der Waals surface area contributed by atoms with E-state index in [1.54, 1.807) is 12.3 Å². The zero-order chi connectivity index (χ0) is 14.8. The Morgan fingerprint density at radius 2 is 2.00 bits per heavy atom. The van der Waals surface area contributed by atoms with Crippen LogP contribution in [0.3, 0.4) is 0 Å². The molecule has 21 heavy (non-hydrogen) atoms. The van der Waals surface area contributed by atoms with Crippen LogP contribution in [0.15, 0.2) is 30.5 Å². The quantitative estimate of drug-likeness (QED) is 0.735. The summed E-state index contributed by atoms with van der Waals surface area (Å²) in [4.78, 5) is 16.7. The second-order valence-electron chi connectivity index (χ2n) is 5.58. The van der Waals surface area contributed by atoms with Gasteiger partial charge in [-0.05, 0) is 43.2 Å². The minimum Gasteiger partial charge on any atom is -0.398 e. The van der Waals surface area contributed by atoms with Gasteiger partial charge in [0.25, 0.3) is 5.91 Å². The summed E-state index contributed by atoms with van der Waals surface area (Å²) in [5.41, 5.74) is 6.93. The van der Waals surface area contributed by atoms with E-state index in [-0.39, 0.29) is 18.1 Å². The van der Waals surface area contributed by atoms with Crippen molar-refractivity contribution in [2.45, 2.75) is 37.8 Å². The number of benzene rings is 1. The van der Waals surface area contributed by atoms with Crippen LogP contribution >= 0.6 is 0 Å². The maximum Gasteiger partial charge on any atom is 0.270 e. The number of anilines is 1. The van der Waals surface area contributed by atoms with Gasteiger partial charge in [-0.15, -0.1) is 0 Å². The van der Waals surface area contributed by atoms with Crippen LogP contribution in [0.5, 0.6) is 0 Å². The molecule has 2 aromatic rings. The van der Waals surface area contributed by atoms with Crippen LogP contribution in [0.4, 0.5) is 5.69 Å². The smallest absolute Gasteiger partial charge is 0.270 e. The molecule has 0 saturated heterocycles. The van der Waals surface area contributed by atoms with Crippen molar-refractivity contribution in [3.05, 3.63) is 36.2 Å². The predicted molar refractivity (Wildman–Crippen MR) is 81.9 cm³/mol. The standard InChI is InChI=1S/C16H19N3O2/c17-13-3-1-2-10-8-9-18-15(14(10)13)16(21)19-11-4-6-12(20)7-5-11/h1-3,8-9,11-12,20H,4-7,17H2,(H,19,21). The molecule has 0 unspecified atom stereocenters. The highest BCUT2D eigenvalue weighted by atomic mass is 16.3. The second-order valence-corrected chi connectivity index (χ2v) is 5.58. The van der Waals surface area contributed by atoms with Crippen LogP contribution < -0.4 is 11.1 Å². The van der Waals surface area contributed by atoms with E-state index >= 15 is 0 Å². The van der Waals surface area contributed by atoms with E-state index in [0.29, 0.717) is 16.8 Å². The van der Waals surface area contributed by atoms with Crippen LogP contribution in [0, 0.1) is 0 Å². The highest BCUT2D eigenvalue weighted by molar-refractivity contribution is 6.09. The Hall–Kier alpha value is -2.14. The highest BCUT2D eigenvalue weighted by Gasteiger charge is 2.22. The van der Waals surface area contributed by atoms with Gasteiger partial charge in [0.05, 0.1) is 6.10 Å². The first-order valence-corrected chi connectivity index (χ1v) is 7.27. The Morgan fingerprint density at radius 1 is 1.24 bits per heavy atom. The van der Waals surface area contributed by atoms with Crippen molar-refractivity contribution in [1.29, 1.82) is 0 Å². The lowest BCUT2D eigenvalue weighted by Gasteiger charge is -2.26. The molecule has 4 N–H and O–H groups in total. The summed E-state index contributed by atoms with van der Waals surface area (Å²) >= 11 is 0. The molecule has 1 aromatic carbocycles. The number of aliphatic hydroxyl groups is 1. The molecule has 0 atom stereocenters. The molecule has 5 nitrogen and oxygen atoms in total. The van der Waals surface area contributed by atoms with Gasteiger partial charge in [0.15, 0.2) is 0 Å². The lowest BCUT2D eigenvalue weighted by molar-refractivity contribution is 0.0865. The molecule has 1 saturated carbocycles. The van der Waals surface area contributed by atoms with Crippen molar-refractivity contribution >= 4 is 22.4 Å². The number of pyridine rings is 1. The Labute approximate surface area is 123 Å². The van der Waals surface area contributed by atoms with Gasteiger partial charge in [0.1, 0.15) is 5.69 Å². The number of rotatable bonds is 2. The molecule has 0 spiro atoms. The summed E-state index contributed by atoms with van der Waals surface area (Å²) < 4.78 is 0. The number of carbonyl (C=O) groups is 1. The van der Waals surface area contributed by atoms with E-state index in [2.05, 4.69) is 10.3 Å². The van der Waals surface area contributed by atoms with Gasteiger partial charge in [0, 0.05) is 23.3 Å². The second kappa shape index (κ2) is 5.69. The summed E-state index contributed by atoms with van der Waals surface area (Å²) in [6, 6.07) is 7.50. The molecular weight excluding hydrogens is 266 g/mol. The molecule has 1 aliphatic rings. The van der Waals surface area contributed by atoms with E-state index in [4.69, 9.17) is 5.73 Å². The zero-order valence-corrected chi connectivity index (χ0v) is 11.7. The van der Waals surface area contributed by atoms with Gasteiger partial charge in [-0.3, -0.25) is 9.78 Å². The summed E-state index contributed by atoms with van der Waals surface area (Å²) in [5.74, 6) is -0.195. The van der Waals surface area contributed by atoms with Gasteiger partial charge in [-0.1, -0.05) is 12.1 Å². The number of carbonyl (C=O) groups excluding carboxylic acids is 1. The van der Waals surface area contributed by atoms with Crippen LogP contribution in [-0.4, -0.2) is 28.1 Å². The first-order valence-electron chi connectivity index (χ1n) is 7.27. The van der Waals surface area contributed by atoms with Gasteiger partial charge >= 0.3 is 0 Å². The molecular formula is C16H19N3O2. The van der Waals surface area contributed by atoms with E-state index in [1.165, 1.54) is 0 Å². The number of hydrogen-bond donors (Lipinski definition) is 3. The average Bonchev–Trinajstić information content (AvgIpc) is 2.49. The number of aliphatic hydroxyl groups excluding tert-OH is 1. The van der Waals surface area contributed by atoms with E-state index in [1.807, 2.05) is 18.2 Å². The SMILES string of the molecule is Nc1cccc2ccnc(C(=O)NC3CCC(O)CC3)c12. The molecule has 5 heteroatoms. The normalized spacial score (nSPS) is 22.1. The lowest BCUT2D eigenvalue weighted by atomic mass is 9.93. The van der Waals surface area contributed by atoms with Gasteiger partial charge in [-0.25, -0.2) is 0 Å². The van der Waals surface area contributed by atoms with Crippen molar-refractivity contribution in [1.82, 2.24) is 10.3 Å². The number of nitrogens with zero attached hydrogens (tertiary/aromatic N) is 1. The average molecular weight is 285 g/mol. The molecule has 0 aliphatic heterocycles. The topological polar surface area (TPSA) is 88.2 Å². The predicted octanol–water partition coefficient (Wildman–Crippen LogP) is 1.85. The van der Waals surface area contributed by atoms with Crippen LogP contribution in [0.1, 0.15) is 36.2 Å². The van der Waals surface area contributed by atoms with Gasteiger partial charge in [-0.2, -0.15) is 0 Å². The Balaban J connectivity index is 1.85. The maximum atomic E-state index is 12.5. The Bertz CT molecular complexity index is 658. The van der Waals surface area contributed by atoms with Crippen LogP contribution in [0.2, 0.25) is 0 Å². The maximum absolute atomic E-state index is 12.5. The minimum absolute atomic E-state index is 0.0999. The number of nitrogens with two attached hydrogens (primary N) is 1. The largest absolute Gasteiger partial charge is 0.398 e. The van der Waals surface area contributed by atoms with Crippen molar-refractivity contribution in [3.63, 3.8) is 0 Å². The number of aromatic nitrogens is 1. The number of amides is 1. The molecule has 1 aliphatic carbocycles. The third kappa shape index (κ3) is 2.83. The van der Waals surface area contributed by atoms with Crippen LogP contribution in [0.25, 0.3) is 10.8 Å². The van der Waals surface area contributed by atoms with E-state index in [0.717, 1.165) is 31.1 Å². The van der Waals surface area contributed by atoms with Crippen molar-refractivity contribution < 1.29 is 9.90 Å². The fraction of sp³-hybridized carbons (Fsp3) is 0.375. The fourth-order valence-electron chi connectivity index (χ4n) is 2.90. The van der Waals surface area contributed by atoms with E-state index in [9.17, 15) is 9.90 Å². The molecule has 110 valence electrons. The van der Waals surface area contributed by atoms with Gasteiger partial charge in [0.2, 0.25) is 0 Å². The molecule has 1 amide bonds. The van der Waals surface area contributed by atoms with Crippen LogP contribution in [-0.2, 0) is 0 Å². The molecule has 1 aromatic heterocycles. The molecule has 1 heterocycles. The zero-order valence-electron chi connectivity index (χ0n) is 11.7. The molecule has 3 rings (SSSR count). The third-order valence-electron chi connectivity index (χ3n) is 4.07. The van der Waals surface area contributed by atoms with Crippen molar-refractivity contribution in [3.8, 4) is 0 Å². The lowest BCUT2D eigenvalue weighted by Crippen LogP contribution is -2.39. The Morgan fingerprint density at radius 3 is 2.76 bits per heavy atom. The summed E-state index contributed by atoms with van der Waals surface area (Å²) in [6.07, 6.45) is 4.46. The number of nitrogens with one attached hydrogen (secondary N) is 1. The first kappa shape index (κ1) is 13.8. The Kier molecular flexibility index (Phi) is 3.75. The van der Waals surface area contributed by atoms with Gasteiger partial charge < -0.3 is 16.2 Å². The monoisotopic (exact) mass is 285 g/mol. The highest BCUT2D eigenvalue weighted by Crippen LogP contribution is 2.24. The van der Waals surface area contributed by atoms with E-state index < -0.39 is 0 Å². The summed E-state index contributed by atoms with van der Waals surface area (Å²) in [7, 11) is 0. The first-order chi connectivity index (χ1) is 10.1. The number of fused-ring (bicyclic) bond motifs is 1. The minimum atomic E-state index is -0.232. The third-order valence-corrected chi connectivity index (χ3v) is 4.07. The summed E-state index contributed by atoms with van der Waals surface area (Å²) in [5, 5.41) is 14.1. The van der Waals surface area contributed by atoms with Crippen molar-refractivity contribution in [2.24, 2.45) is 0 Å². The number of nitrogen functional groups attached to an aromatic ring is 1. The molecule has 0 radical (unpaired) electrons. The number of hydrogen-bond acceptors (Lipinski definition) is 4. The fourth-order valence-corrected chi connectivity index (χ4v) is 2.90. The summed E-state index contributed by atoms with van der Waals surface area (Å²) in [6.45, 7) is 0. The van der Waals surface area contributed by atoms with Crippen molar-refractivity contribution in [2.75, 3.05) is 5.73 Å². The molecule has 0 bridgehead atoms.